The molecule has 0 aliphatic carbocycles. The Kier molecular flexibility index (Phi) is 7.76. The van der Waals surface area contributed by atoms with E-state index in [-0.39, 0.29) is 29.3 Å². The van der Waals surface area contributed by atoms with Crippen LogP contribution in [0.5, 0.6) is 0 Å². The van der Waals surface area contributed by atoms with Gasteiger partial charge in [-0.05, 0) is 92.0 Å². The molecule has 8 nitrogen and oxygen atoms in total. The van der Waals surface area contributed by atoms with E-state index in [1.54, 1.807) is 30.5 Å². The Morgan fingerprint density at radius 3 is 2.48 bits per heavy atom. The number of halogens is 2. The van der Waals surface area contributed by atoms with Crippen molar-refractivity contribution in [3.05, 3.63) is 88.5 Å². The van der Waals surface area contributed by atoms with Gasteiger partial charge in [0.05, 0.1) is 53.1 Å². The molecule has 11 heteroatoms. The molecule has 2 fully saturated rings. The molecule has 1 aromatic heterocycles. The number of sulfonamides is 1. The first-order chi connectivity index (χ1) is 20.1. The van der Waals surface area contributed by atoms with Gasteiger partial charge in [-0.15, -0.1) is 0 Å². The second-order valence-corrected chi connectivity index (χ2v) is 13.9. The minimum Gasteiger partial charge on any atom is -0.378 e. The highest BCUT2D eigenvalue weighted by Crippen LogP contribution is 2.55. The highest BCUT2D eigenvalue weighted by molar-refractivity contribution is 7.92. The maximum atomic E-state index is 14.3. The summed E-state index contributed by atoms with van der Waals surface area (Å²) in [5, 5.41) is 3.38. The minimum absolute atomic E-state index is 0.0326. The third kappa shape index (κ3) is 4.98. The van der Waals surface area contributed by atoms with Crippen molar-refractivity contribution < 1.29 is 22.3 Å². The van der Waals surface area contributed by atoms with Crippen LogP contribution in [-0.4, -0.2) is 62.6 Å². The van der Waals surface area contributed by atoms with Gasteiger partial charge in [-0.1, -0.05) is 25.4 Å². The maximum Gasteiger partial charge on any atom is 0.264 e. The summed E-state index contributed by atoms with van der Waals surface area (Å²) in [6, 6.07) is 13.7. The van der Waals surface area contributed by atoms with Crippen molar-refractivity contribution in [3.8, 4) is 0 Å². The van der Waals surface area contributed by atoms with Gasteiger partial charge >= 0.3 is 0 Å². The largest absolute Gasteiger partial charge is 0.378 e. The van der Waals surface area contributed by atoms with Gasteiger partial charge in [0.25, 0.3) is 15.9 Å². The number of aromatic nitrogens is 1. The Balaban J connectivity index is 1.40. The van der Waals surface area contributed by atoms with Gasteiger partial charge in [0.2, 0.25) is 0 Å². The minimum atomic E-state index is -4.04. The fraction of sp³-hybridized carbons (Fsp3) is 0.419. The summed E-state index contributed by atoms with van der Waals surface area (Å²) in [6.07, 6.45) is 3.10. The summed E-state index contributed by atoms with van der Waals surface area (Å²) in [5.41, 5.74) is 1.94. The van der Waals surface area contributed by atoms with Crippen LogP contribution < -0.4 is 9.62 Å². The molecule has 6 rings (SSSR count). The van der Waals surface area contributed by atoms with E-state index in [1.807, 2.05) is 19.9 Å². The molecule has 222 valence electrons. The van der Waals surface area contributed by atoms with Crippen LogP contribution in [0.2, 0.25) is 5.02 Å². The number of carbonyl (C=O) groups is 1. The molecule has 42 heavy (non-hydrogen) atoms. The molecule has 3 aromatic rings. The molecule has 4 heterocycles. The molecule has 0 radical (unpaired) electrons. The van der Waals surface area contributed by atoms with Crippen LogP contribution in [0.1, 0.15) is 48.3 Å². The Morgan fingerprint density at radius 1 is 1.14 bits per heavy atom. The van der Waals surface area contributed by atoms with E-state index in [2.05, 4.69) is 15.2 Å². The zero-order valence-electron chi connectivity index (χ0n) is 23.6. The van der Waals surface area contributed by atoms with Crippen LogP contribution >= 0.6 is 11.6 Å². The molecular formula is C31H34ClFN4O4S. The lowest BCUT2D eigenvalue weighted by Gasteiger charge is -2.49. The van der Waals surface area contributed by atoms with Crippen LogP contribution in [0.3, 0.4) is 0 Å². The number of hydrogen-bond donors (Lipinski definition) is 1. The quantitative estimate of drug-likeness (QED) is 0.413. The van der Waals surface area contributed by atoms with Gasteiger partial charge in [-0.25, -0.2) is 12.8 Å². The number of likely N-dealkylation sites (tertiary alicyclic amines) is 1. The Labute approximate surface area is 250 Å². The fourth-order valence-electron chi connectivity index (χ4n) is 6.81. The summed E-state index contributed by atoms with van der Waals surface area (Å²) in [7, 11) is -4.04. The lowest BCUT2D eigenvalue weighted by molar-refractivity contribution is -0.0771. The van der Waals surface area contributed by atoms with Crippen molar-refractivity contribution in [2.75, 3.05) is 30.6 Å². The third-order valence-corrected chi connectivity index (χ3v) is 11.1. The lowest BCUT2D eigenvalue weighted by atomic mass is 9.66. The molecule has 1 atom stereocenters. The van der Waals surface area contributed by atoms with E-state index in [1.165, 1.54) is 28.6 Å². The number of ether oxygens (including phenoxy) is 1. The van der Waals surface area contributed by atoms with Crippen LogP contribution in [0.25, 0.3) is 0 Å². The molecule has 1 N–H and O–H groups in total. The van der Waals surface area contributed by atoms with E-state index in [4.69, 9.17) is 16.3 Å². The Morgan fingerprint density at radius 2 is 1.86 bits per heavy atom. The third-order valence-electron chi connectivity index (χ3n) is 8.93. The number of anilines is 1. The molecule has 1 unspecified atom stereocenters. The molecule has 1 spiro atoms. The zero-order chi connectivity index (χ0) is 29.6. The highest BCUT2D eigenvalue weighted by atomic mass is 35.5. The second kappa shape index (κ2) is 11.2. The number of fused-ring (bicyclic) bond motifs is 2. The first-order valence-corrected chi connectivity index (χ1v) is 16.1. The van der Waals surface area contributed by atoms with E-state index < -0.39 is 21.3 Å². The van der Waals surface area contributed by atoms with Crippen molar-refractivity contribution in [3.63, 3.8) is 0 Å². The number of pyridine rings is 1. The summed E-state index contributed by atoms with van der Waals surface area (Å²) >= 11 is 6.23. The molecule has 3 aliphatic heterocycles. The molecule has 1 amide bonds. The average Bonchev–Trinajstić information content (AvgIpc) is 3.23. The van der Waals surface area contributed by atoms with Gasteiger partial charge in [0.1, 0.15) is 5.82 Å². The number of rotatable bonds is 7. The van der Waals surface area contributed by atoms with Crippen molar-refractivity contribution >= 4 is 33.2 Å². The van der Waals surface area contributed by atoms with Gasteiger partial charge in [-0.2, -0.15) is 0 Å². The standard InChI is InChI=1S/C31H34ClFN4O4S/c1-20(2)29-31(11-14-36(15-12-31)23-18-41-19-23)25-16-21(30(38)35-17-27-26(32)4-3-13-34-27)5-10-28(25)37(29)42(39,40)24-8-6-22(33)7-9-24/h3-10,13,16,20,23,29H,11-12,14-15,17-19H2,1-2H3,(H,35,38). The van der Waals surface area contributed by atoms with Crippen molar-refractivity contribution in [1.82, 2.24) is 15.2 Å². The first-order valence-electron chi connectivity index (χ1n) is 14.3. The molecule has 0 bridgehead atoms. The van der Waals surface area contributed by atoms with E-state index in [9.17, 15) is 17.6 Å². The summed E-state index contributed by atoms with van der Waals surface area (Å²) in [5.74, 6) is -0.822. The fourth-order valence-corrected chi connectivity index (χ4v) is 8.87. The lowest BCUT2D eigenvalue weighted by Crippen LogP contribution is -2.58. The first kappa shape index (κ1) is 29.0. The van der Waals surface area contributed by atoms with Crippen molar-refractivity contribution in [2.24, 2.45) is 5.92 Å². The van der Waals surface area contributed by atoms with Crippen LogP contribution in [-0.2, 0) is 26.7 Å². The van der Waals surface area contributed by atoms with E-state index >= 15 is 0 Å². The predicted octanol–water partition coefficient (Wildman–Crippen LogP) is 4.77. The molecule has 2 aromatic carbocycles. The Bertz CT molecular complexity index is 1590. The van der Waals surface area contributed by atoms with Crippen molar-refractivity contribution in [1.29, 1.82) is 0 Å². The number of carbonyl (C=O) groups excluding carboxylic acids is 1. The average molecular weight is 613 g/mol. The van der Waals surface area contributed by atoms with Gasteiger partial charge in [0, 0.05) is 17.2 Å². The zero-order valence-corrected chi connectivity index (χ0v) is 25.2. The van der Waals surface area contributed by atoms with Gasteiger partial charge in [0.15, 0.2) is 0 Å². The topological polar surface area (TPSA) is 91.8 Å². The number of nitrogens with zero attached hydrogens (tertiary/aromatic N) is 3. The summed E-state index contributed by atoms with van der Waals surface area (Å²) in [6.45, 7) is 7.29. The summed E-state index contributed by atoms with van der Waals surface area (Å²) < 4.78 is 49.3. The van der Waals surface area contributed by atoms with Crippen molar-refractivity contribution in [2.45, 2.75) is 55.6 Å². The second-order valence-electron chi connectivity index (χ2n) is 11.7. The molecule has 2 saturated heterocycles. The number of benzene rings is 2. The van der Waals surface area contributed by atoms with E-state index in [0.717, 1.165) is 31.5 Å². The molecule has 0 saturated carbocycles. The normalized spacial score (nSPS) is 20.5. The van der Waals surface area contributed by atoms with Crippen LogP contribution in [0.4, 0.5) is 10.1 Å². The predicted molar refractivity (Wildman–Crippen MR) is 159 cm³/mol. The number of nitrogens with one attached hydrogen (secondary N) is 1. The van der Waals surface area contributed by atoms with Gasteiger partial charge in [-0.3, -0.25) is 19.0 Å². The molecular weight excluding hydrogens is 579 g/mol. The monoisotopic (exact) mass is 612 g/mol. The summed E-state index contributed by atoms with van der Waals surface area (Å²) in [4.78, 5) is 20.1. The number of hydrogen-bond acceptors (Lipinski definition) is 6. The van der Waals surface area contributed by atoms with Gasteiger partial charge < -0.3 is 10.1 Å². The van der Waals surface area contributed by atoms with E-state index in [0.29, 0.717) is 41.2 Å². The SMILES string of the molecule is CC(C)C1N(S(=O)(=O)c2ccc(F)cc2)c2ccc(C(=O)NCc3ncccc3Cl)cc2C12CCN(C1COC1)CC2. The van der Waals surface area contributed by atoms with Crippen LogP contribution in [0.15, 0.2) is 65.7 Å². The number of piperidine rings is 1. The smallest absolute Gasteiger partial charge is 0.264 e. The Hall–Kier alpha value is -3.05. The molecule has 3 aliphatic rings. The highest BCUT2D eigenvalue weighted by Gasteiger charge is 2.57. The van der Waals surface area contributed by atoms with Crippen LogP contribution in [0, 0.1) is 11.7 Å². The number of amides is 1. The maximum absolute atomic E-state index is 14.3.